The maximum Gasteiger partial charge on any atom is 0.225 e. The third kappa shape index (κ3) is 3.10. The summed E-state index contributed by atoms with van der Waals surface area (Å²) in [6.45, 7) is 3.60. The number of nitrogens with two attached hydrogens (primary N) is 1. The minimum absolute atomic E-state index is 0.0973. The van der Waals surface area contributed by atoms with E-state index in [2.05, 4.69) is 32.2 Å². The van der Waals surface area contributed by atoms with Gasteiger partial charge in [0.05, 0.1) is 23.1 Å². The van der Waals surface area contributed by atoms with Gasteiger partial charge < -0.3 is 15.8 Å². The van der Waals surface area contributed by atoms with E-state index in [-0.39, 0.29) is 5.54 Å². The largest absolute Gasteiger partial charge is 0.381 e. The lowest BCUT2D eigenvalue weighted by Crippen LogP contribution is -2.41. The van der Waals surface area contributed by atoms with E-state index in [1.54, 1.807) is 29.2 Å². The summed E-state index contributed by atoms with van der Waals surface area (Å²) in [5, 5.41) is 3.94. The third-order valence-electron chi connectivity index (χ3n) is 4.38. The normalized spacial score (nSPS) is 16.9. The van der Waals surface area contributed by atoms with Crippen molar-refractivity contribution in [2.45, 2.75) is 25.3 Å². The van der Waals surface area contributed by atoms with Gasteiger partial charge in [0, 0.05) is 24.9 Å². The number of nitrogens with zero attached hydrogens (tertiary/aromatic N) is 5. The van der Waals surface area contributed by atoms with Crippen molar-refractivity contribution in [3.05, 3.63) is 29.7 Å². The maximum atomic E-state index is 6.07. The van der Waals surface area contributed by atoms with Crippen molar-refractivity contribution < 1.29 is 4.74 Å². The molecule has 0 radical (unpaired) electrons. The molecule has 0 amide bonds. The fourth-order valence-electron chi connectivity index (χ4n) is 2.95. The Balaban J connectivity index is 1.76. The highest BCUT2D eigenvalue weighted by molar-refractivity contribution is 6.30. The molecule has 130 valence electrons. The number of anilines is 2. The molecule has 0 bridgehead atoms. The minimum Gasteiger partial charge on any atom is -0.381 e. The predicted octanol–water partition coefficient (Wildman–Crippen LogP) is 2.43. The molecule has 3 aromatic heterocycles. The summed E-state index contributed by atoms with van der Waals surface area (Å²) < 4.78 is 7.15. The fraction of sp³-hybridized carbons (Fsp3) is 0.375. The van der Waals surface area contributed by atoms with Crippen molar-refractivity contribution in [2.75, 3.05) is 24.3 Å². The van der Waals surface area contributed by atoms with E-state index >= 15 is 0 Å². The van der Waals surface area contributed by atoms with Crippen molar-refractivity contribution in [2.24, 2.45) is 0 Å². The summed E-state index contributed by atoms with van der Waals surface area (Å²) >= 11 is 6.05. The number of aromatic nitrogens is 5. The van der Waals surface area contributed by atoms with Crippen LogP contribution in [0, 0.1) is 0 Å². The number of imidazole rings is 1. The highest BCUT2D eigenvalue weighted by atomic mass is 35.5. The Morgan fingerprint density at radius 3 is 2.80 bits per heavy atom. The zero-order valence-electron chi connectivity index (χ0n) is 13.7. The molecule has 1 aliphatic rings. The van der Waals surface area contributed by atoms with E-state index in [1.807, 2.05) is 0 Å². The average Bonchev–Trinajstić information content (AvgIpc) is 2.90. The molecular weight excluding hydrogens is 342 g/mol. The van der Waals surface area contributed by atoms with Gasteiger partial charge in [-0.05, 0) is 25.8 Å². The summed E-state index contributed by atoms with van der Waals surface area (Å²) in [7, 11) is 0. The van der Waals surface area contributed by atoms with Crippen LogP contribution in [0.25, 0.3) is 16.9 Å². The van der Waals surface area contributed by atoms with Crippen LogP contribution in [0.1, 0.15) is 19.8 Å². The molecule has 3 aromatic rings. The second kappa shape index (κ2) is 6.12. The lowest BCUT2D eigenvalue weighted by Gasteiger charge is -2.34. The van der Waals surface area contributed by atoms with E-state index in [9.17, 15) is 0 Å². The van der Waals surface area contributed by atoms with Gasteiger partial charge in [-0.3, -0.25) is 9.55 Å². The Kier molecular flexibility index (Phi) is 3.93. The second-order valence-electron chi connectivity index (χ2n) is 6.37. The Labute approximate surface area is 149 Å². The Hall–Kier alpha value is -2.45. The second-order valence-corrected chi connectivity index (χ2v) is 6.80. The number of nitrogens with one attached hydrogen (secondary N) is 1. The SMILES string of the molecule is CC1(Nc2ncc3nc(N)n(-c4cncc(Cl)c4)c3n2)CCOCC1. The van der Waals surface area contributed by atoms with E-state index in [4.69, 9.17) is 22.1 Å². The molecule has 8 nitrogen and oxygen atoms in total. The number of nitrogen functional groups attached to an aromatic ring is 1. The van der Waals surface area contributed by atoms with Crippen LogP contribution in [0.15, 0.2) is 24.7 Å². The number of pyridine rings is 1. The van der Waals surface area contributed by atoms with Gasteiger partial charge in [0.15, 0.2) is 5.65 Å². The molecule has 1 saturated heterocycles. The molecule has 0 aliphatic carbocycles. The molecule has 0 unspecified atom stereocenters. The van der Waals surface area contributed by atoms with Gasteiger partial charge in [-0.2, -0.15) is 4.98 Å². The minimum atomic E-state index is -0.0973. The van der Waals surface area contributed by atoms with E-state index < -0.39 is 0 Å². The van der Waals surface area contributed by atoms with Crippen molar-refractivity contribution in [1.29, 1.82) is 0 Å². The van der Waals surface area contributed by atoms with Gasteiger partial charge in [-0.15, -0.1) is 0 Å². The fourth-order valence-corrected chi connectivity index (χ4v) is 3.11. The first-order valence-corrected chi connectivity index (χ1v) is 8.40. The molecule has 1 aliphatic heterocycles. The topological polar surface area (TPSA) is 104 Å². The van der Waals surface area contributed by atoms with Crippen molar-refractivity contribution >= 4 is 34.7 Å². The van der Waals surface area contributed by atoms with Crippen molar-refractivity contribution in [3.8, 4) is 5.69 Å². The summed E-state index contributed by atoms with van der Waals surface area (Å²) in [4.78, 5) is 17.4. The first-order chi connectivity index (χ1) is 12.0. The van der Waals surface area contributed by atoms with Gasteiger partial charge in [0.2, 0.25) is 11.9 Å². The van der Waals surface area contributed by atoms with Crippen LogP contribution >= 0.6 is 11.6 Å². The molecule has 1 fully saturated rings. The zero-order chi connectivity index (χ0) is 17.4. The van der Waals surface area contributed by atoms with Crippen LogP contribution in [0.2, 0.25) is 5.02 Å². The van der Waals surface area contributed by atoms with Crippen LogP contribution < -0.4 is 11.1 Å². The van der Waals surface area contributed by atoms with Gasteiger partial charge in [-0.25, -0.2) is 9.97 Å². The third-order valence-corrected chi connectivity index (χ3v) is 4.59. The number of ether oxygens (including phenoxy) is 1. The summed E-state index contributed by atoms with van der Waals surface area (Å²) in [5.41, 5.74) is 7.90. The number of halogens is 1. The molecule has 3 N–H and O–H groups in total. The molecular formula is C16H18ClN7O. The van der Waals surface area contributed by atoms with Crippen LogP contribution in [-0.4, -0.2) is 43.3 Å². The number of hydrogen-bond donors (Lipinski definition) is 2. The molecule has 4 rings (SSSR count). The monoisotopic (exact) mass is 359 g/mol. The highest BCUT2D eigenvalue weighted by Crippen LogP contribution is 2.26. The maximum absolute atomic E-state index is 6.07. The molecule has 25 heavy (non-hydrogen) atoms. The van der Waals surface area contributed by atoms with Crippen LogP contribution in [-0.2, 0) is 4.74 Å². The van der Waals surface area contributed by atoms with E-state index in [0.717, 1.165) is 26.1 Å². The summed E-state index contributed by atoms with van der Waals surface area (Å²) in [5.74, 6) is 0.843. The predicted molar refractivity (Wildman–Crippen MR) is 96.0 cm³/mol. The number of rotatable bonds is 3. The Morgan fingerprint density at radius 2 is 2.04 bits per heavy atom. The average molecular weight is 360 g/mol. The molecule has 0 aromatic carbocycles. The van der Waals surface area contributed by atoms with Gasteiger partial charge >= 0.3 is 0 Å². The lowest BCUT2D eigenvalue weighted by atomic mass is 9.93. The molecule has 0 spiro atoms. The Morgan fingerprint density at radius 1 is 1.24 bits per heavy atom. The highest BCUT2D eigenvalue weighted by Gasteiger charge is 2.28. The summed E-state index contributed by atoms with van der Waals surface area (Å²) in [6, 6.07) is 1.76. The number of hydrogen-bond acceptors (Lipinski definition) is 7. The van der Waals surface area contributed by atoms with Crippen LogP contribution in [0.5, 0.6) is 0 Å². The standard InChI is InChI=1S/C16H18ClN7O/c1-16(2-4-25-5-3-16)23-15-20-9-12-13(22-15)24(14(18)21-12)11-6-10(17)7-19-8-11/h6-9H,2-5H2,1H3,(H2,18,21)(H,20,22,23). The smallest absolute Gasteiger partial charge is 0.225 e. The molecule has 0 atom stereocenters. The van der Waals surface area contributed by atoms with E-state index in [1.165, 1.54) is 0 Å². The first-order valence-electron chi connectivity index (χ1n) is 8.02. The first kappa shape index (κ1) is 16.0. The van der Waals surface area contributed by atoms with Crippen molar-refractivity contribution in [3.63, 3.8) is 0 Å². The van der Waals surface area contributed by atoms with Gasteiger partial charge in [-0.1, -0.05) is 11.6 Å². The lowest BCUT2D eigenvalue weighted by molar-refractivity contribution is 0.0656. The van der Waals surface area contributed by atoms with Gasteiger partial charge in [0.25, 0.3) is 0 Å². The Bertz CT molecular complexity index is 920. The quantitative estimate of drug-likeness (QED) is 0.740. The molecule has 0 saturated carbocycles. The van der Waals surface area contributed by atoms with Crippen LogP contribution in [0.4, 0.5) is 11.9 Å². The summed E-state index contributed by atoms with van der Waals surface area (Å²) in [6.07, 6.45) is 6.69. The van der Waals surface area contributed by atoms with Gasteiger partial charge in [0.1, 0.15) is 5.52 Å². The van der Waals surface area contributed by atoms with E-state index in [0.29, 0.717) is 33.8 Å². The number of fused-ring (bicyclic) bond motifs is 1. The van der Waals surface area contributed by atoms with Crippen LogP contribution in [0.3, 0.4) is 0 Å². The molecule has 9 heteroatoms. The van der Waals surface area contributed by atoms with Crippen molar-refractivity contribution in [1.82, 2.24) is 24.5 Å². The molecule has 4 heterocycles. The zero-order valence-corrected chi connectivity index (χ0v) is 14.5.